The van der Waals surface area contributed by atoms with Crippen molar-refractivity contribution in [2.24, 2.45) is 0 Å². The number of anilines is 2. The highest BCUT2D eigenvalue weighted by atomic mass is 19.4. The minimum Gasteiger partial charge on any atom is -0.371 e. The summed E-state index contributed by atoms with van der Waals surface area (Å²) in [5.74, 6) is -1.28. The van der Waals surface area contributed by atoms with Crippen LogP contribution in [0.5, 0.6) is 0 Å². The van der Waals surface area contributed by atoms with Crippen LogP contribution in [0.2, 0.25) is 0 Å². The Morgan fingerprint density at radius 2 is 1.61 bits per heavy atom. The Morgan fingerprint density at radius 3 is 2.06 bits per heavy atom. The summed E-state index contributed by atoms with van der Waals surface area (Å²) < 4.78 is 94.2. The third kappa shape index (κ3) is 4.94. The predicted octanol–water partition coefficient (Wildman–Crippen LogP) is 5.67. The van der Waals surface area contributed by atoms with E-state index in [1.54, 1.807) is 6.92 Å². The van der Waals surface area contributed by atoms with Gasteiger partial charge in [-0.1, -0.05) is 0 Å². The van der Waals surface area contributed by atoms with E-state index in [0.717, 1.165) is 17.0 Å². The van der Waals surface area contributed by atoms with Crippen molar-refractivity contribution in [3.8, 4) is 0 Å². The smallest absolute Gasteiger partial charge is 0.371 e. The van der Waals surface area contributed by atoms with Crippen molar-refractivity contribution in [2.45, 2.75) is 32.1 Å². The highest BCUT2D eigenvalue weighted by Gasteiger charge is 2.41. The van der Waals surface area contributed by atoms with Crippen LogP contribution in [-0.4, -0.2) is 25.5 Å². The van der Waals surface area contributed by atoms with E-state index < -0.39 is 47.2 Å². The molecule has 0 spiro atoms. The van der Waals surface area contributed by atoms with Crippen LogP contribution in [0.15, 0.2) is 36.4 Å². The number of likely N-dealkylation sites (N-methyl/N-ethyl adjacent to an activating group) is 1. The summed E-state index contributed by atoms with van der Waals surface area (Å²) >= 11 is 0. The molecular weight excluding hydrogens is 429 g/mol. The summed E-state index contributed by atoms with van der Waals surface area (Å²) in [6, 6.07) is 5.56. The second-order valence-corrected chi connectivity index (χ2v) is 7.15. The van der Waals surface area contributed by atoms with Crippen LogP contribution < -0.4 is 9.80 Å². The molecule has 0 N–H and O–H groups in total. The Kier molecular flexibility index (Phi) is 6.20. The summed E-state index contributed by atoms with van der Waals surface area (Å²) in [5.41, 5.74) is -3.35. The van der Waals surface area contributed by atoms with Crippen LogP contribution in [0.4, 0.5) is 42.1 Å². The van der Waals surface area contributed by atoms with Crippen molar-refractivity contribution < 1.29 is 35.5 Å². The van der Waals surface area contributed by atoms with Gasteiger partial charge in [0, 0.05) is 31.0 Å². The fourth-order valence-electron chi connectivity index (χ4n) is 3.47. The highest BCUT2D eigenvalue weighted by molar-refractivity contribution is 5.95. The molecule has 0 radical (unpaired) electrons. The number of rotatable bonds is 5. The third-order valence-electron chi connectivity index (χ3n) is 5.14. The first-order valence-electron chi connectivity index (χ1n) is 9.54. The van der Waals surface area contributed by atoms with Crippen LogP contribution in [0.1, 0.15) is 30.0 Å². The first kappa shape index (κ1) is 22.9. The first-order chi connectivity index (χ1) is 14.4. The molecule has 0 aromatic heterocycles. The van der Waals surface area contributed by atoms with E-state index in [-0.39, 0.29) is 24.0 Å². The molecule has 1 aliphatic rings. The van der Waals surface area contributed by atoms with Crippen molar-refractivity contribution in [2.75, 3.05) is 29.4 Å². The lowest BCUT2D eigenvalue weighted by atomic mass is 9.95. The molecule has 3 nitrogen and oxygen atoms in total. The molecule has 31 heavy (non-hydrogen) atoms. The maximum Gasteiger partial charge on any atom is 0.416 e. The zero-order valence-corrected chi connectivity index (χ0v) is 16.4. The maximum absolute atomic E-state index is 13.7. The van der Waals surface area contributed by atoms with E-state index in [9.17, 15) is 35.5 Å². The van der Waals surface area contributed by atoms with Gasteiger partial charge >= 0.3 is 12.4 Å². The van der Waals surface area contributed by atoms with Crippen LogP contribution in [0.25, 0.3) is 0 Å². The van der Waals surface area contributed by atoms with Gasteiger partial charge in [-0.3, -0.25) is 4.79 Å². The fraction of sp³-hybridized carbons (Fsp3) is 0.381. The second kappa shape index (κ2) is 8.39. The number of benzene rings is 2. The van der Waals surface area contributed by atoms with Gasteiger partial charge < -0.3 is 9.80 Å². The molecule has 0 aliphatic carbocycles. The number of alkyl halides is 6. The molecule has 10 heteroatoms. The molecular formula is C21H19F7N2O. The quantitative estimate of drug-likeness (QED) is 0.551. The summed E-state index contributed by atoms with van der Waals surface area (Å²) in [6.07, 6.45) is -10.2. The average molecular weight is 448 g/mol. The van der Waals surface area contributed by atoms with E-state index in [1.807, 2.05) is 0 Å². The predicted molar refractivity (Wildman–Crippen MR) is 101 cm³/mol. The van der Waals surface area contributed by atoms with Gasteiger partial charge in [0.1, 0.15) is 5.82 Å². The van der Waals surface area contributed by atoms with Crippen LogP contribution in [0.3, 0.4) is 0 Å². The lowest BCUT2D eigenvalue weighted by molar-refractivity contribution is -0.143. The molecule has 2 aromatic carbocycles. The Labute approximate surface area is 174 Å². The largest absolute Gasteiger partial charge is 0.416 e. The Bertz CT molecular complexity index is 948. The van der Waals surface area contributed by atoms with Gasteiger partial charge in [0.15, 0.2) is 0 Å². The lowest BCUT2D eigenvalue weighted by Crippen LogP contribution is -2.39. The van der Waals surface area contributed by atoms with Crippen molar-refractivity contribution in [1.29, 1.82) is 0 Å². The van der Waals surface area contributed by atoms with Gasteiger partial charge in [0.05, 0.1) is 17.5 Å². The Hall–Kier alpha value is -2.78. The average Bonchev–Trinajstić information content (AvgIpc) is 2.61. The molecule has 0 saturated carbocycles. The number of nitrogens with zero attached hydrogens (tertiary/aromatic N) is 2. The van der Waals surface area contributed by atoms with E-state index in [0.29, 0.717) is 25.6 Å². The van der Waals surface area contributed by atoms with Crippen LogP contribution in [0, 0.1) is 5.82 Å². The van der Waals surface area contributed by atoms with Gasteiger partial charge in [-0.15, -0.1) is 0 Å². The number of carbonyl (C=O) groups excluding carboxylic acids is 1. The van der Waals surface area contributed by atoms with E-state index in [1.165, 1.54) is 17.0 Å². The van der Waals surface area contributed by atoms with Gasteiger partial charge in [-0.2, -0.15) is 26.3 Å². The number of hydrogen-bond donors (Lipinski definition) is 0. The third-order valence-corrected chi connectivity index (χ3v) is 5.14. The van der Waals surface area contributed by atoms with Crippen molar-refractivity contribution in [3.63, 3.8) is 0 Å². The Balaban J connectivity index is 2.07. The maximum atomic E-state index is 13.7. The molecule has 0 atom stereocenters. The first-order valence-corrected chi connectivity index (χ1v) is 9.54. The molecule has 1 aliphatic heterocycles. The highest BCUT2D eigenvalue weighted by Crippen LogP contribution is 2.43. The number of hydrogen-bond acceptors (Lipinski definition) is 2. The summed E-state index contributed by atoms with van der Waals surface area (Å²) in [7, 11) is 0. The summed E-state index contributed by atoms with van der Waals surface area (Å²) in [5, 5.41) is 0. The molecule has 3 rings (SSSR count). The minimum absolute atomic E-state index is 0.0556. The van der Waals surface area contributed by atoms with Gasteiger partial charge in [0.25, 0.3) is 0 Å². The zero-order valence-electron chi connectivity index (χ0n) is 16.4. The molecule has 0 bridgehead atoms. The Morgan fingerprint density at radius 1 is 1.00 bits per heavy atom. The number of carbonyl (C=O) groups is 1. The molecule has 1 heterocycles. The second-order valence-electron chi connectivity index (χ2n) is 7.15. The monoisotopic (exact) mass is 448 g/mol. The molecule has 1 fully saturated rings. The van der Waals surface area contributed by atoms with Gasteiger partial charge in [-0.25, -0.2) is 4.39 Å². The fourth-order valence-corrected chi connectivity index (χ4v) is 3.47. The van der Waals surface area contributed by atoms with Crippen LogP contribution >= 0.6 is 0 Å². The SMILES string of the molecule is CCN(C(=O)Cc1c(N2CCC2)cc(C(F)(F)F)cc1C(F)(F)F)c1ccc(F)cc1. The summed E-state index contributed by atoms with van der Waals surface area (Å²) in [6.45, 7) is 2.28. The van der Waals surface area contributed by atoms with E-state index >= 15 is 0 Å². The standard InChI is InChI=1S/C21H19F7N2O/c1-2-30(15-6-4-14(22)5-7-15)19(31)12-16-17(21(26,27)28)10-13(20(23,24)25)11-18(16)29-8-3-9-29/h4-7,10-11H,2-3,8-9,12H2,1H3. The van der Waals surface area contributed by atoms with Crippen molar-refractivity contribution >= 4 is 17.3 Å². The molecule has 0 unspecified atom stereocenters. The number of halogens is 7. The molecule has 1 saturated heterocycles. The van der Waals surface area contributed by atoms with Crippen molar-refractivity contribution in [1.82, 2.24) is 0 Å². The normalized spacial score (nSPS) is 14.4. The molecule has 2 aromatic rings. The lowest BCUT2D eigenvalue weighted by Gasteiger charge is -2.36. The van der Waals surface area contributed by atoms with Crippen molar-refractivity contribution in [3.05, 3.63) is 58.9 Å². The molecule has 1 amide bonds. The zero-order chi connectivity index (χ0) is 23.0. The van der Waals surface area contributed by atoms with E-state index in [2.05, 4.69) is 0 Å². The van der Waals surface area contributed by atoms with E-state index in [4.69, 9.17) is 0 Å². The topological polar surface area (TPSA) is 23.6 Å². The van der Waals surface area contributed by atoms with Gasteiger partial charge in [0.2, 0.25) is 5.91 Å². The summed E-state index contributed by atoms with van der Waals surface area (Å²) in [4.78, 5) is 15.5. The molecule has 168 valence electrons. The van der Waals surface area contributed by atoms with Gasteiger partial charge in [-0.05, 0) is 55.3 Å². The van der Waals surface area contributed by atoms with Crippen LogP contribution in [-0.2, 0) is 23.6 Å². The number of amides is 1. The minimum atomic E-state index is -5.08.